The van der Waals surface area contributed by atoms with Crippen LogP contribution in [-0.4, -0.2) is 13.8 Å². The van der Waals surface area contributed by atoms with Crippen LogP contribution in [0.3, 0.4) is 0 Å². The topological polar surface area (TPSA) is 30.5 Å². The zero-order valence-electron chi connectivity index (χ0n) is 9.09. The Morgan fingerprint density at radius 2 is 2.15 bits per heavy atom. The SMILES string of the molecule is CC/C=C(/OCONC)C(C)CC. The molecule has 0 heterocycles. The second-order valence-electron chi connectivity index (χ2n) is 2.93. The molecule has 0 aliphatic carbocycles. The highest BCUT2D eigenvalue weighted by atomic mass is 16.8. The van der Waals surface area contributed by atoms with Crippen molar-refractivity contribution in [1.82, 2.24) is 5.48 Å². The van der Waals surface area contributed by atoms with Gasteiger partial charge in [0.25, 0.3) is 0 Å². The van der Waals surface area contributed by atoms with Gasteiger partial charge in [0.1, 0.15) is 0 Å². The average molecular weight is 187 g/mol. The van der Waals surface area contributed by atoms with E-state index >= 15 is 0 Å². The third-order valence-corrected chi connectivity index (χ3v) is 1.93. The maximum absolute atomic E-state index is 5.45. The first kappa shape index (κ1) is 12.5. The number of rotatable bonds is 7. The van der Waals surface area contributed by atoms with Gasteiger partial charge in [-0.1, -0.05) is 20.8 Å². The summed E-state index contributed by atoms with van der Waals surface area (Å²) in [5.41, 5.74) is 2.57. The van der Waals surface area contributed by atoms with E-state index in [9.17, 15) is 0 Å². The molecular weight excluding hydrogens is 166 g/mol. The Morgan fingerprint density at radius 3 is 2.62 bits per heavy atom. The van der Waals surface area contributed by atoms with Gasteiger partial charge in [-0.25, -0.2) is 5.48 Å². The van der Waals surface area contributed by atoms with Crippen molar-refractivity contribution in [3.8, 4) is 0 Å². The van der Waals surface area contributed by atoms with E-state index in [1.54, 1.807) is 7.05 Å². The highest BCUT2D eigenvalue weighted by Crippen LogP contribution is 2.15. The second kappa shape index (κ2) is 8.08. The second-order valence-corrected chi connectivity index (χ2v) is 2.93. The van der Waals surface area contributed by atoms with Crippen LogP contribution in [0.15, 0.2) is 11.8 Å². The number of allylic oxidation sites excluding steroid dienone is 2. The molecule has 0 spiro atoms. The van der Waals surface area contributed by atoms with Crippen molar-refractivity contribution in [1.29, 1.82) is 0 Å². The van der Waals surface area contributed by atoms with Crippen LogP contribution >= 0.6 is 0 Å². The molecule has 0 fully saturated rings. The summed E-state index contributed by atoms with van der Waals surface area (Å²) >= 11 is 0. The molecule has 0 saturated carbocycles. The van der Waals surface area contributed by atoms with Crippen LogP contribution in [0.4, 0.5) is 0 Å². The Bertz CT molecular complexity index is 146. The van der Waals surface area contributed by atoms with E-state index in [4.69, 9.17) is 9.57 Å². The molecule has 0 rings (SSSR count). The predicted octanol–water partition coefficient (Wildman–Crippen LogP) is 2.45. The molecule has 0 amide bonds. The summed E-state index contributed by atoms with van der Waals surface area (Å²) in [6.07, 6.45) is 4.19. The summed E-state index contributed by atoms with van der Waals surface area (Å²) in [6, 6.07) is 0. The first-order chi connectivity index (χ1) is 6.26. The Hall–Kier alpha value is -0.540. The van der Waals surface area contributed by atoms with E-state index in [2.05, 4.69) is 32.3 Å². The Balaban J connectivity index is 3.88. The van der Waals surface area contributed by atoms with Gasteiger partial charge in [0.15, 0.2) is 0 Å². The van der Waals surface area contributed by atoms with E-state index < -0.39 is 0 Å². The zero-order valence-corrected chi connectivity index (χ0v) is 9.09. The van der Waals surface area contributed by atoms with Crippen molar-refractivity contribution in [2.75, 3.05) is 13.8 Å². The fraction of sp³-hybridized carbons (Fsp3) is 0.800. The lowest BCUT2D eigenvalue weighted by molar-refractivity contribution is -0.0732. The molecule has 3 heteroatoms. The van der Waals surface area contributed by atoms with E-state index in [1.807, 2.05) is 0 Å². The number of ether oxygens (including phenoxy) is 1. The maximum atomic E-state index is 5.45. The van der Waals surface area contributed by atoms with Crippen LogP contribution in [0.5, 0.6) is 0 Å². The molecule has 0 aromatic carbocycles. The smallest absolute Gasteiger partial charge is 0.206 e. The molecule has 3 nitrogen and oxygen atoms in total. The zero-order chi connectivity index (χ0) is 10.1. The van der Waals surface area contributed by atoms with Gasteiger partial charge in [-0.2, -0.15) is 0 Å². The monoisotopic (exact) mass is 187 g/mol. The van der Waals surface area contributed by atoms with Crippen molar-refractivity contribution >= 4 is 0 Å². The largest absolute Gasteiger partial charge is 0.470 e. The van der Waals surface area contributed by atoms with E-state index in [1.165, 1.54) is 0 Å². The van der Waals surface area contributed by atoms with Crippen LogP contribution in [-0.2, 0) is 9.57 Å². The first-order valence-electron chi connectivity index (χ1n) is 4.87. The summed E-state index contributed by atoms with van der Waals surface area (Å²) in [5, 5.41) is 0. The fourth-order valence-corrected chi connectivity index (χ4v) is 0.961. The minimum absolute atomic E-state index is 0.271. The van der Waals surface area contributed by atoms with Gasteiger partial charge in [0.2, 0.25) is 6.79 Å². The number of hydroxylamine groups is 1. The first-order valence-corrected chi connectivity index (χ1v) is 4.87. The number of hydrogen-bond donors (Lipinski definition) is 1. The summed E-state index contributed by atoms with van der Waals surface area (Å²) in [7, 11) is 1.72. The van der Waals surface area contributed by atoms with Gasteiger partial charge in [-0.3, -0.25) is 4.84 Å². The molecule has 0 radical (unpaired) electrons. The molecular formula is C10H21NO2. The summed E-state index contributed by atoms with van der Waals surface area (Å²) in [5.74, 6) is 1.50. The third kappa shape index (κ3) is 5.66. The summed E-state index contributed by atoms with van der Waals surface area (Å²) in [4.78, 5) is 4.89. The van der Waals surface area contributed by atoms with Gasteiger partial charge >= 0.3 is 0 Å². The van der Waals surface area contributed by atoms with Crippen molar-refractivity contribution in [2.45, 2.75) is 33.6 Å². The molecule has 0 saturated heterocycles. The molecule has 0 bridgehead atoms. The molecule has 0 aromatic rings. The molecule has 1 N–H and O–H groups in total. The lowest BCUT2D eigenvalue weighted by Gasteiger charge is -2.15. The van der Waals surface area contributed by atoms with Crippen molar-refractivity contribution in [2.24, 2.45) is 5.92 Å². The van der Waals surface area contributed by atoms with Crippen LogP contribution in [0.25, 0.3) is 0 Å². The van der Waals surface area contributed by atoms with Gasteiger partial charge < -0.3 is 4.74 Å². The molecule has 0 aliphatic heterocycles. The van der Waals surface area contributed by atoms with Gasteiger partial charge in [0.05, 0.1) is 5.76 Å². The Kier molecular flexibility index (Phi) is 7.74. The molecule has 0 aliphatic rings. The van der Waals surface area contributed by atoms with Gasteiger partial charge in [-0.05, 0) is 18.9 Å². The van der Waals surface area contributed by atoms with Gasteiger partial charge in [-0.15, -0.1) is 0 Å². The number of hydrogen-bond acceptors (Lipinski definition) is 3. The predicted molar refractivity (Wildman–Crippen MR) is 53.9 cm³/mol. The lowest BCUT2D eigenvalue weighted by atomic mass is 10.1. The van der Waals surface area contributed by atoms with Gasteiger partial charge in [0, 0.05) is 13.0 Å². The quantitative estimate of drug-likeness (QED) is 0.287. The van der Waals surface area contributed by atoms with E-state index in [0.29, 0.717) is 5.92 Å². The van der Waals surface area contributed by atoms with Crippen LogP contribution in [0, 0.1) is 5.92 Å². The normalized spacial score (nSPS) is 14.3. The average Bonchev–Trinajstić information content (AvgIpc) is 2.16. The van der Waals surface area contributed by atoms with Crippen molar-refractivity contribution in [3.05, 3.63) is 11.8 Å². The molecule has 1 atom stereocenters. The summed E-state index contributed by atoms with van der Waals surface area (Å²) in [6.45, 7) is 6.68. The summed E-state index contributed by atoms with van der Waals surface area (Å²) < 4.78 is 5.45. The van der Waals surface area contributed by atoms with Crippen molar-refractivity contribution in [3.63, 3.8) is 0 Å². The van der Waals surface area contributed by atoms with Crippen LogP contribution in [0.2, 0.25) is 0 Å². The maximum Gasteiger partial charge on any atom is 0.206 e. The van der Waals surface area contributed by atoms with E-state index in [0.717, 1.165) is 18.6 Å². The van der Waals surface area contributed by atoms with Crippen molar-refractivity contribution < 1.29 is 9.57 Å². The molecule has 78 valence electrons. The van der Waals surface area contributed by atoms with E-state index in [-0.39, 0.29) is 6.79 Å². The molecule has 1 unspecified atom stereocenters. The number of nitrogens with one attached hydrogen (secondary N) is 1. The van der Waals surface area contributed by atoms with Crippen LogP contribution in [0.1, 0.15) is 33.6 Å². The standard InChI is InChI=1S/C10H21NO2/c1-5-7-10(9(3)6-2)12-8-13-11-4/h7,9,11H,5-6,8H2,1-4H3/b10-7+. The highest BCUT2D eigenvalue weighted by molar-refractivity contribution is 4.96. The van der Waals surface area contributed by atoms with Crippen LogP contribution < -0.4 is 5.48 Å². The molecule has 0 aromatic heterocycles. The lowest BCUT2D eigenvalue weighted by Crippen LogP contribution is -2.13. The Morgan fingerprint density at radius 1 is 1.46 bits per heavy atom. The Labute approximate surface area is 81.1 Å². The molecule has 13 heavy (non-hydrogen) atoms. The minimum atomic E-state index is 0.271. The fourth-order valence-electron chi connectivity index (χ4n) is 0.961. The third-order valence-electron chi connectivity index (χ3n) is 1.93. The minimum Gasteiger partial charge on any atom is -0.470 e. The highest BCUT2D eigenvalue weighted by Gasteiger charge is 2.06.